The van der Waals surface area contributed by atoms with Crippen LogP contribution in [0, 0.1) is 6.92 Å². The van der Waals surface area contributed by atoms with Crippen molar-refractivity contribution in [3.63, 3.8) is 0 Å². The third kappa shape index (κ3) is 4.83. The molecular weight excluding hydrogens is 412 g/mol. The molecule has 0 bridgehead atoms. The second-order valence-corrected chi connectivity index (χ2v) is 8.35. The van der Waals surface area contributed by atoms with Crippen LogP contribution in [0.5, 0.6) is 11.6 Å². The fraction of sp³-hybridized carbons (Fsp3) is 0.280. The maximum atomic E-state index is 13.2. The Morgan fingerprint density at radius 1 is 1.10 bits per heavy atom. The number of amides is 1. The van der Waals surface area contributed by atoms with Gasteiger partial charge in [-0.05, 0) is 68.3 Å². The van der Waals surface area contributed by atoms with Crippen LogP contribution in [0.2, 0.25) is 5.02 Å². The number of aryl methyl sites for hydroxylation is 1. The number of benzene rings is 2. The predicted octanol–water partition coefficient (Wildman–Crippen LogP) is 5.61. The minimum atomic E-state index is -0.283. The summed E-state index contributed by atoms with van der Waals surface area (Å²) in [5.41, 5.74) is 3.46. The van der Waals surface area contributed by atoms with E-state index in [1.165, 1.54) is 0 Å². The maximum Gasteiger partial charge on any atom is 0.255 e. The zero-order valence-corrected chi connectivity index (χ0v) is 18.6. The van der Waals surface area contributed by atoms with E-state index in [2.05, 4.69) is 4.98 Å². The smallest absolute Gasteiger partial charge is 0.255 e. The minimum Gasteiger partial charge on any atom is -0.491 e. The van der Waals surface area contributed by atoms with Crippen molar-refractivity contribution in [2.75, 3.05) is 6.61 Å². The first-order valence-electron chi connectivity index (χ1n) is 10.3. The summed E-state index contributed by atoms with van der Waals surface area (Å²) in [7, 11) is 0. The lowest BCUT2D eigenvalue weighted by molar-refractivity contribution is 0.0632. The average Bonchev–Trinajstić information content (AvgIpc) is 3.04. The van der Waals surface area contributed by atoms with Crippen LogP contribution in [0.3, 0.4) is 0 Å². The number of rotatable bonds is 7. The Hall–Kier alpha value is -3.05. The first-order valence-corrected chi connectivity index (χ1v) is 10.7. The van der Waals surface area contributed by atoms with Crippen LogP contribution in [0.4, 0.5) is 0 Å². The molecule has 1 amide bonds. The van der Waals surface area contributed by atoms with Gasteiger partial charge in [0.25, 0.3) is 5.91 Å². The molecule has 4 rings (SSSR count). The van der Waals surface area contributed by atoms with Gasteiger partial charge >= 0.3 is 0 Å². The van der Waals surface area contributed by atoms with Crippen LogP contribution in [-0.4, -0.2) is 28.5 Å². The van der Waals surface area contributed by atoms with Gasteiger partial charge in [0.15, 0.2) is 0 Å². The number of ether oxygens (including phenoxy) is 2. The highest BCUT2D eigenvalue weighted by molar-refractivity contribution is 6.30. The molecule has 6 heteroatoms. The number of nitrogens with zero attached hydrogens (tertiary/aromatic N) is 2. The number of hydrogen-bond acceptors (Lipinski definition) is 4. The first-order chi connectivity index (χ1) is 14.9. The van der Waals surface area contributed by atoms with Crippen molar-refractivity contribution in [1.82, 2.24) is 9.88 Å². The van der Waals surface area contributed by atoms with E-state index in [0.29, 0.717) is 23.0 Å². The standard InChI is InChI=1S/C25H25ClN2O3/c1-16(2)31-21-10-7-18(8-11-21)23(15-30-24-6-4-5-17(3)27-24)28-14-19-13-20(26)9-12-22(19)25(28)29/h4-13,16,23H,14-15H2,1-3H3. The normalized spacial score (nSPS) is 14.0. The second-order valence-electron chi connectivity index (χ2n) is 7.91. The number of carbonyl (C=O) groups is 1. The molecular formula is C25H25ClN2O3. The maximum absolute atomic E-state index is 13.2. The van der Waals surface area contributed by atoms with E-state index in [1.54, 1.807) is 12.1 Å². The van der Waals surface area contributed by atoms with Crippen molar-refractivity contribution in [2.45, 2.75) is 39.5 Å². The van der Waals surface area contributed by atoms with Gasteiger partial charge in [-0.25, -0.2) is 4.98 Å². The van der Waals surface area contributed by atoms with E-state index in [4.69, 9.17) is 21.1 Å². The van der Waals surface area contributed by atoms with Gasteiger partial charge in [0.1, 0.15) is 12.4 Å². The molecule has 0 aliphatic carbocycles. The first kappa shape index (κ1) is 21.2. The highest BCUT2D eigenvalue weighted by atomic mass is 35.5. The molecule has 1 aliphatic rings. The number of halogens is 1. The monoisotopic (exact) mass is 436 g/mol. The summed E-state index contributed by atoms with van der Waals surface area (Å²) in [5, 5.41) is 0.625. The van der Waals surface area contributed by atoms with Crippen LogP contribution in [-0.2, 0) is 6.54 Å². The summed E-state index contributed by atoms with van der Waals surface area (Å²) in [6.07, 6.45) is 0.0942. The van der Waals surface area contributed by atoms with Gasteiger partial charge in [-0.3, -0.25) is 4.79 Å². The Morgan fingerprint density at radius 3 is 2.58 bits per heavy atom. The van der Waals surface area contributed by atoms with Gasteiger partial charge < -0.3 is 14.4 Å². The average molecular weight is 437 g/mol. The van der Waals surface area contributed by atoms with E-state index < -0.39 is 0 Å². The number of hydrogen-bond donors (Lipinski definition) is 0. The minimum absolute atomic E-state index is 0.0278. The Balaban J connectivity index is 1.62. The molecule has 2 aromatic carbocycles. The molecule has 160 valence electrons. The topological polar surface area (TPSA) is 51.7 Å². The van der Waals surface area contributed by atoms with Crippen LogP contribution in [0.25, 0.3) is 0 Å². The van der Waals surface area contributed by atoms with E-state index in [-0.39, 0.29) is 24.7 Å². The third-order valence-electron chi connectivity index (χ3n) is 5.16. The molecule has 0 radical (unpaired) electrons. The number of fused-ring (bicyclic) bond motifs is 1. The van der Waals surface area contributed by atoms with E-state index in [0.717, 1.165) is 22.6 Å². The van der Waals surface area contributed by atoms with Crippen molar-refractivity contribution >= 4 is 17.5 Å². The molecule has 5 nitrogen and oxygen atoms in total. The van der Waals surface area contributed by atoms with Crippen molar-refractivity contribution in [3.05, 3.63) is 88.1 Å². The molecule has 0 spiro atoms. The summed E-state index contributed by atoms with van der Waals surface area (Å²) < 4.78 is 11.8. The van der Waals surface area contributed by atoms with Gasteiger partial charge in [0.2, 0.25) is 5.88 Å². The fourth-order valence-electron chi connectivity index (χ4n) is 3.73. The number of pyridine rings is 1. The molecule has 1 aliphatic heterocycles. The third-order valence-corrected chi connectivity index (χ3v) is 5.40. The van der Waals surface area contributed by atoms with E-state index >= 15 is 0 Å². The largest absolute Gasteiger partial charge is 0.491 e. The Labute approximate surface area is 187 Å². The molecule has 0 saturated carbocycles. The Morgan fingerprint density at radius 2 is 1.87 bits per heavy atom. The van der Waals surface area contributed by atoms with Crippen LogP contribution < -0.4 is 9.47 Å². The molecule has 31 heavy (non-hydrogen) atoms. The highest BCUT2D eigenvalue weighted by Gasteiger charge is 2.34. The molecule has 3 aromatic rings. The van der Waals surface area contributed by atoms with Crippen LogP contribution in [0.15, 0.2) is 60.7 Å². The molecule has 0 fully saturated rings. The highest BCUT2D eigenvalue weighted by Crippen LogP contribution is 2.34. The summed E-state index contributed by atoms with van der Waals surface area (Å²) >= 11 is 6.15. The molecule has 2 heterocycles. The molecule has 1 unspecified atom stereocenters. The number of carbonyl (C=O) groups excluding carboxylic acids is 1. The van der Waals surface area contributed by atoms with Gasteiger partial charge in [-0.2, -0.15) is 0 Å². The fourth-order valence-corrected chi connectivity index (χ4v) is 3.93. The van der Waals surface area contributed by atoms with Gasteiger partial charge in [0, 0.05) is 28.9 Å². The Bertz CT molecular complexity index is 1080. The van der Waals surface area contributed by atoms with E-state index in [9.17, 15) is 4.79 Å². The van der Waals surface area contributed by atoms with Gasteiger partial charge in [-0.15, -0.1) is 0 Å². The van der Waals surface area contributed by atoms with Crippen molar-refractivity contribution in [3.8, 4) is 11.6 Å². The summed E-state index contributed by atoms with van der Waals surface area (Å²) in [5.74, 6) is 1.30. The van der Waals surface area contributed by atoms with Crippen LogP contribution in [0.1, 0.15) is 47.1 Å². The lowest BCUT2D eigenvalue weighted by Gasteiger charge is -2.28. The summed E-state index contributed by atoms with van der Waals surface area (Å²) in [6, 6.07) is 18.6. The SMILES string of the molecule is Cc1cccc(OCC(c2ccc(OC(C)C)cc2)N2Cc3cc(Cl)ccc3C2=O)n1. The zero-order valence-electron chi connectivity index (χ0n) is 17.8. The molecule has 1 aromatic heterocycles. The summed E-state index contributed by atoms with van der Waals surface area (Å²) in [4.78, 5) is 19.4. The molecule has 1 atom stereocenters. The van der Waals surface area contributed by atoms with Gasteiger partial charge in [0.05, 0.1) is 12.1 Å². The van der Waals surface area contributed by atoms with Crippen LogP contribution >= 0.6 is 11.6 Å². The molecule has 0 saturated heterocycles. The lowest BCUT2D eigenvalue weighted by Crippen LogP contribution is -2.33. The lowest BCUT2D eigenvalue weighted by atomic mass is 10.1. The van der Waals surface area contributed by atoms with Crippen molar-refractivity contribution < 1.29 is 14.3 Å². The van der Waals surface area contributed by atoms with E-state index in [1.807, 2.05) is 74.2 Å². The van der Waals surface area contributed by atoms with Crippen molar-refractivity contribution in [1.29, 1.82) is 0 Å². The number of aromatic nitrogens is 1. The predicted molar refractivity (Wildman–Crippen MR) is 121 cm³/mol. The summed E-state index contributed by atoms with van der Waals surface area (Å²) in [6.45, 7) is 6.67. The zero-order chi connectivity index (χ0) is 22.0. The quantitative estimate of drug-likeness (QED) is 0.483. The van der Waals surface area contributed by atoms with Crippen molar-refractivity contribution in [2.24, 2.45) is 0 Å². The van der Waals surface area contributed by atoms with Gasteiger partial charge in [-0.1, -0.05) is 29.8 Å². The molecule has 0 N–H and O–H groups in total. The second kappa shape index (κ2) is 8.98. The Kier molecular flexibility index (Phi) is 6.14.